The number of allylic oxidation sites excluding steroid dienone is 8. The number of hydrogen-bond acceptors (Lipinski definition) is 0. The zero-order valence-corrected chi connectivity index (χ0v) is 9.90. The van der Waals surface area contributed by atoms with Gasteiger partial charge >= 0.3 is 0 Å². The second-order valence-electron chi connectivity index (χ2n) is 4.96. The Labute approximate surface area is 98.4 Å². The molecule has 3 rings (SSSR count). The van der Waals surface area contributed by atoms with Crippen molar-refractivity contribution in [3.8, 4) is 0 Å². The predicted molar refractivity (Wildman–Crippen MR) is 68.2 cm³/mol. The van der Waals surface area contributed by atoms with Crippen LogP contribution in [0, 0.1) is 30.1 Å². The molecule has 0 heteroatoms. The van der Waals surface area contributed by atoms with Gasteiger partial charge < -0.3 is 0 Å². The lowest BCUT2D eigenvalue weighted by Crippen LogP contribution is -2.25. The van der Waals surface area contributed by atoms with Gasteiger partial charge in [-0.2, -0.15) is 0 Å². The molecule has 16 heavy (non-hydrogen) atoms. The van der Waals surface area contributed by atoms with Gasteiger partial charge in [-0.25, -0.2) is 0 Å². The standard InChI is InChI=1S/C16H17/c1-11-5-3-7-13-9-14-8-4-6-12(2)16(14)10-15(11)13/h3-9,11-12H,10H2,1-2H3. The average molecular weight is 209 g/mol. The molecule has 0 bridgehead atoms. The molecule has 0 aromatic rings. The Kier molecular flexibility index (Phi) is 2.38. The van der Waals surface area contributed by atoms with E-state index in [1.807, 2.05) is 0 Å². The lowest BCUT2D eigenvalue weighted by atomic mass is 9.66. The van der Waals surface area contributed by atoms with Gasteiger partial charge in [0.1, 0.15) is 0 Å². The van der Waals surface area contributed by atoms with Gasteiger partial charge in [-0.15, -0.1) is 0 Å². The molecule has 0 spiro atoms. The van der Waals surface area contributed by atoms with E-state index < -0.39 is 0 Å². The fourth-order valence-electron chi connectivity index (χ4n) is 2.80. The average Bonchev–Trinajstić information content (AvgIpc) is 2.28. The van der Waals surface area contributed by atoms with Crippen molar-refractivity contribution in [2.45, 2.75) is 20.3 Å². The topological polar surface area (TPSA) is 0 Å². The fraction of sp³-hybridized carbons (Fsp3) is 0.312. The molecule has 0 fully saturated rings. The Morgan fingerprint density at radius 1 is 1.00 bits per heavy atom. The van der Waals surface area contributed by atoms with Gasteiger partial charge in [0.25, 0.3) is 0 Å². The van der Waals surface area contributed by atoms with E-state index in [2.05, 4.69) is 56.7 Å². The normalized spacial score (nSPS) is 34.1. The van der Waals surface area contributed by atoms with Crippen LogP contribution in [0.1, 0.15) is 20.3 Å². The van der Waals surface area contributed by atoms with Crippen LogP contribution in [0.4, 0.5) is 0 Å². The second-order valence-corrected chi connectivity index (χ2v) is 4.96. The molecule has 0 saturated carbocycles. The Morgan fingerprint density at radius 2 is 1.81 bits per heavy atom. The van der Waals surface area contributed by atoms with Gasteiger partial charge in [0, 0.05) is 11.8 Å². The number of hydrogen-bond donors (Lipinski definition) is 0. The fourth-order valence-corrected chi connectivity index (χ4v) is 2.80. The van der Waals surface area contributed by atoms with Crippen molar-refractivity contribution in [3.63, 3.8) is 0 Å². The van der Waals surface area contributed by atoms with Gasteiger partial charge in [0.05, 0.1) is 0 Å². The summed E-state index contributed by atoms with van der Waals surface area (Å²) in [5, 5.41) is 0. The maximum absolute atomic E-state index is 2.36. The van der Waals surface area contributed by atoms with Gasteiger partial charge in [0.2, 0.25) is 0 Å². The Bertz CT molecular complexity index is 406. The Morgan fingerprint density at radius 3 is 2.69 bits per heavy atom. The lowest BCUT2D eigenvalue weighted by Gasteiger charge is -2.38. The Hall–Kier alpha value is -1.04. The molecule has 0 aromatic heterocycles. The van der Waals surface area contributed by atoms with Crippen molar-refractivity contribution in [1.29, 1.82) is 0 Å². The van der Waals surface area contributed by atoms with E-state index in [1.165, 1.54) is 11.1 Å². The van der Waals surface area contributed by atoms with E-state index >= 15 is 0 Å². The van der Waals surface area contributed by atoms with Crippen LogP contribution in [0.3, 0.4) is 0 Å². The van der Waals surface area contributed by atoms with Crippen LogP contribution in [-0.2, 0) is 0 Å². The monoisotopic (exact) mass is 209 g/mol. The van der Waals surface area contributed by atoms with Crippen molar-refractivity contribution >= 4 is 0 Å². The van der Waals surface area contributed by atoms with E-state index in [-0.39, 0.29) is 0 Å². The molecular formula is C16H17. The van der Waals surface area contributed by atoms with Crippen LogP contribution >= 0.6 is 0 Å². The molecule has 0 saturated heterocycles. The number of fused-ring (bicyclic) bond motifs is 2. The molecule has 0 amide bonds. The molecule has 3 aliphatic rings. The largest absolute Gasteiger partial charge is 0.0808 e. The highest BCUT2D eigenvalue weighted by Gasteiger charge is 2.34. The summed E-state index contributed by atoms with van der Waals surface area (Å²) in [6.45, 7) is 4.59. The van der Waals surface area contributed by atoms with Crippen molar-refractivity contribution in [2.75, 3.05) is 0 Å². The first kappa shape index (κ1) is 10.1. The van der Waals surface area contributed by atoms with Crippen LogP contribution in [0.15, 0.2) is 47.6 Å². The number of rotatable bonds is 0. The molecule has 81 valence electrons. The molecular weight excluding hydrogens is 192 g/mol. The lowest BCUT2D eigenvalue weighted by molar-refractivity contribution is 0.595. The zero-order valence-electron chi connectivity index (χ0n) is 9.90. The molecule has 0 aliphatic heterocycles. The predicted octanol–water partition coefficient (Wildman–Crippen LogP) is 4.01. The Balaban J connectivity index is 2.00. The quantitative estimate of drug-likeness (QED) is 0.565. The van der Waals surface area contributed by atoms with Crippen molar-refractivity contribution in [2.24, 2.45) is 11.8 Å². The molecule has 3 radical (unpaired) electrons. The summed E-state index contributed by atoms with van der Waals surface area (Å²) >= 11 is 0. The van der Waals surface area contributed by atoms with Crippen LogP contribution in [0.5, 0.6) is 0 Å². The smallest absolute Gasteiger partial charge is 0.0125 e. The molecule has 0 aromatic carbocycles. The minimum Gasteiger partial charge on any atom is -0.0808 e. The first-order valence-electron chi connectivity index (χ1n) is 6.09. The van der Waals surface area contributed by atoms with E-state index in [9.17, 15) is 0 Å². The first-order chi connectivity index (χ1) is 7.75. The van der Waals surface area contributed by atoms with Gasteiger partial charge in [-0.05, 0) is 35.8 Å². The third-order valence-electron chi connectivity index (χ3n) is 3.88. The molecule has 0 N–H and O–H groups in total. The summed E-state index contributed by atoms with van der Waals surface area (Å²) in [5.41, 5.74) is 2.88. The zero-order chi connectivity index (χ0) is 11.1. The summed E-state index contributed by atoms with van der Waals surface area (Å²) in [4.78, 5) is 0. The summed E-state index contributed by atoms with van der Waals surface area (Å²) in [5.74, 6) is 4.39. The van der Waals surface area contributed by atoms with Crippen molar-refractivity contribution in [3.05, 3.63) is 65.9 Å². The summed E-state index contributed by atoms with van der Waals surface area (Å²) in [7, 11) is 0. The van der Waals surface area contributed by atoms with Gasteiger partial charge in [-0.3, -0.25) is 0 Å². The molecule has 3 aliphatic carbocycles. The van der Waals surface area contributed by atoms with Crippen LogP contribution in [0.2, 0.25) is 0 Å². The van der Waals surface area contributed by atoms with E-state index in [0.717, 1.165) is 6.42 Å². The van der Waals surface area contributed by atoms with Gasteiger partial charge in [0.15, 0.2) is 0 Å². The van der Waals surface area contributed by atoms with E-state index in [0.29, 0.717) is 11.8 Å². The van der Waals surface area contributed by atoms with Crippen LogP contribution in [0.25, 0.3) is 0 Å². The van der Waals surface area contributed by atoms with Crippen molar-refractivity contribution < 1.29 is 0 Å². The summed E-state index contributed by atoms with van der Waals surface area (Å²) in [6.07, 6.45) is 17.0. The molecule has 0 heterocycles. The van der Waals surface area contributed by atoms with Crippen molar-refractivity contribution in [1.82, 2.24) is 0 Å². The maximum Gasteiger partial charge on any atom is 0.0125 e. The highest BCUT2D eigenvalue weighted by atomic mass is 14.4. The van der Waals surface area contributed by atoms with E-state index in [1.54, 1.807) is 11.8 Å². The molecule has 2 atom stereocenters. The van der Waals surface area contributed by atoms with E-state index in [4.69, 9.17) is 0 Å². The first-order valence-corrected chi connectivity index (χ1v) is 6.09. The highest BCUT2D eigenvalue weighted by Crippen LogP contribution is 2.47. The SMILES string of the molecule is CC1[CH]C=CC2=CC3=CC=CC(C)[C]3C[C]21. The third-order valence-corrected chi connectivity index (χ3v) is 3.88. The third kappa shape index (κ3) is 1.52. The minimum absolute atomic E-state index is 0.600. The minimum atomic E-state index is 0.600. The second kappa shape index (κ2) is 3.76. The molecule has 0 nitrogen and oxygen atoms in total. The van der Waals surface area contributed by atoms with Gasteiger partial charge in [-0.1, -0.05) is 50.3 Å². The summed E-state index contributed by atoms with van der Waals surface area (Å²) in [6, 6.07) is 0. The molecule has 2 unspecified atom stereocenters. The maximum atomic E-state index is 2.36. The summed E-state index contributed by atoms with van der Waals surface area (Å²) < 4.78 is 0. The highest BCUT2D eigenvalue weighted by molar-refractivity contribution is 5.58. The van der Waals surface area contributed by atoms with Crippen LogP contribution in [-0.4, -0.2) is 0 Å². The van der Waals surface area contributed by atoms with Crippen LogP contribution < -0.4 is 0 Å².